The lowest BCUT2D eigenvalue weighted by Crippen LogP contribution is -2.38. The van der Waals surface area contributed by atoms with E-state index in [0.29, 0.717) is 11.4 Å². The van der Waals surface area contributed by atoms with Crippen LogP contribution in [0.1, 0.15) is 63.7 Å². The van der Waals surface area contributed by atoms with E-state index >= 15 is 0 Å². The Morgan fingerprint density at radius 3 is 2.67 bits per heavy atom. The number of unbranched alkanes of at least 4 members (excludes halogenated alkanes) is 2. The van der Waals surface area contributed by atoms with Crippen LogP contribution in [0.15, 0.2) is 18.3 Å². The number of hydrogen-bond donors (Lipinski definition) is 1. The van der Waals surface area contributed by atoms with Gasteiger partial charge in [0.25, 0.3) is 5.91 Å². The number of carbonyl (C=O) groups excluding carboxylic acids is 1. The van der Waals surface area contributed by atoms with Gasteiger partial charge in [0, 0.05) is 25.3 Å². The molecular formula is C17H29N3O. The molecule has 4 heteroatoms. The van der Waals surface area contributed by atoms with E-state index in [2.05, 4.69) is 38.0 Å². The number of anilines is 1. The Bertz CT molecular complexity index is 432. The van der Waals surface area contributed by atoms with Crippen molar-refractivity contribution in [3.8, 4) is 0 Å². The number of rotatable bonds is 9. The summed E-state index contributed by atoms with van der Waals surface area (Å²) >= 11 is 0. The summed E-state index contributed by atoms with van der Waals surface area (Å²) in [5, 5.41) is 3.25. The topological polar surface area (TPSA) is 45.2 Å². The molecule has 0 unspecified atom stereocenters. The van der Waals surface area contributed by atoms with Crippen LogP contribution in [0.3, 0.4) is 0 Å². The van der Waals surface area contributed by atoms with Crippen molar-refractivity contribution in [3.05, 3.63) is 23.9 Å². The van der Waals surface area contributed by atoms with Gasteiger partial charge >= 0.3 is 0 Å². The van der Waals surface area contributed by atoms with Crippen LogP contribution in [0.5, 0.6) is 0 Å². The largest absolute Gasteiger partial charge is 0.369 e. The first-order valence-electron chi connectivity index (χ1n) is 8.11. The number of carbonyl (C=O) groups is 1. The number of nitrogens with zero attached hydrogens (tertiary/aromatic N) is 2. The van der Waals surface area contributed by atoms with Crippen molar-refractivity contribution in [2.45, 2.75) is 59.4 Å². The highest BCUT2D eigenvalue weighted by atomic mass is 16.2. The van der Waals surface area contributed by atoms with Crippen molar-refractivity contribution >= 4 is 11.7 Å². The minimum Gasteiger partial charge on any atom is -0.369 e. The van der Waals surface area contributed by atoms with Gasteiger partial charge in [-0.3, -0.25) is 4.79 Å². The van der Waals surface area contributed by atoms with Crippen LogP contribution in [-0.2, 0) is 0 Å². The maximum absolute atomic E-state index is 12.8. The Balaban J connectivity index is 2.87. The lowest BCUT2D eigenvalue weighted by Gasteiger charge is -2.27. The second-order valence-corrected chi connectivity index (χ2v) is 5.63. The monoisotopic (exact) mass is 291 g/mol. The third-order valence-electron chi connectivity index (χ3n) is 3.47. The molecule has 1 heterocycles. The molecule has 1 aromatic heterocycles. The summed E-state index contributed by atoms with van der Waals surface area (Å²) in [4.78, 5) is 19.1. The third kappa shape index (κ3) is 5.37. The zero-order valence-electron chi connectivity index (χ0n) is 13.9. The quantitative estimate of drug-likeness (QED) is 0.701. The SMILES string of the molecule is CCCCCN(C(=O)c1cccnc1NCCC)C(C)C. The van der Waals surface area contributed by atoms with Gasteiger partial charge in [0.2, 0.25) is 0 Å². The summed E-state index contributed by atoms with van der Waals surface area (Å²) in [6, 6.07) is 3.89. The van der Waals surface area contributed by atoms with Gasteiger partial charge in [-0.25, -0.2) is 4.98 Å². The Morgan fingerprint density at radius 2 is 2.05 bits per heavy atom. The van der Waals surface area contributed by atoms with E-state index in [1.807, 2.05) is 17.0 Å². The van der Waals surface area contributed by atoms with Gasteiger partial charge in [-0.15, -0.1) is 0 Å². The first-order chi connectivity index (χ1) is 10.1. The van der Waals surface area contributed by atoms with E-state index in [4.69, 9.17) is 0 Å². The van der Waals surface area contributed by atoms with Gasteiger partial charge < -0.3 is 10.2 Å². The highest BCUT2D eigenvalue weighted by molar-refractivity contribution is 5.98. The normalized spacial score (nSPS) is 10.7. The Hall–Kier alpha value is -1.58. The van der Waals surface area contributed by atoms with Gasteiger partial charge in [0.05, 0.1) is 5.56 Å². The second-order valence-electron chi connectivity index (χ2n) is 5.63. The molecule has 4 nitrogen and oxygen atoms in total. The number of aromatic nitrogens is 1. The zero-order chi connectivity index (χ0) is 15.7. The van der Waals surface area contributed by atoms with Crippen LogP contribution in [-0.4, -0.2) is 34.9 Å². The van der Waals surface area contributed by atoms with Crippen molar-refractivity contribution in [3.63, 3.8) is 0 Å². The van der Waals surface area contributed by atoms with E-state index in [1.54, 1.807) is 6.20 Å². The molecule has 0 spiro atoms. The summed E-state index contributed by atoms with van der Waals surface area (Å²) < 4.78 is 0. The zero-order valence-corrected chi connectivity index (χ0v) is 13.9. The molecule has 21 heavy (non-hydrogen) atoms. The Kier molecular flexibility index (Phi) is 7.80. The molecule has 0 atom stereocenters. The predicted octanol–water partition coefficient (Wildman–Crippen LogP) is 3.94. The number of pyridine rings is 1. The minimum atomic E-state index is 0.0767. The van der Waals surface area contributed by atoms with Gasteiger partial charge in [-0.1, -0.05) is 26.7 Å². The molecule has 1 amide bonds. The average molecular weight is 291 g/mol. The molecule has 118 valence electrons. The molecule has 1 aromatic rings. The van der Waals surface area contributed by atoms with E-state index in [9.17, 15) is 4.79 Å². The summed E-state index contributed by atoms with van der Waals surface area (Å²) in [6.45, 7) is 10.1. The number of amides is 1. The first-order valence-corrected chi connectivity index (χ1v) is 8.11. The van der Waals surface area contributed by atoms with Crippen LogP contribution in [0.2, 0.25) is 0 Å². The molecule has 0 aliphatic rings. The summed E-state index contributed by atoms with van der Waals surface area (Å²) in [5.41, 5.74) is 0.677. The molecule has 0 saturated heterocycles. The van der Waals surface area contributed by atoms with Crippen LogP contribution in [0.25, 0.3) is 0 Å². The maximum atomic E-state index is 12.8. The number of nitrogens with one attached hydrogen (secondary N) is 1. The summed E-state index contributed by atoms with van der Waals surface area (Å²) in [5.74, 6) is 0.776. The summed E-state index contributed by atoms with van der Waals surface area (Å²) in [7, 11) is 0. The van der Waals surface area contributed by atoms with Gasteiger partial charge in [0.1, 0.15) is 5.82 Å². The van der Waals surface area contributed by atoms with Gasteiger partial charge in [-0.05, 0) is 38.8 Å². The van der Waals surface area contributed by atoms with Crippen molar-refractivity contribution in [1.82, 2.24) is 9.88 Å². The van der Waals surface area contributed by atoms with Crippen molar-refractivity contribution < 1.29 is 4.79 Å². The standard InChI is InChI=1S/C17H29N3O/c1-5-7-8-13-20(14(3)4)17(21)15-10-9-12-19-16(15)18-11-6-2/h9-10,12,14H,5-8,11,13H2,1-4H3,(H,18,19). The Labute approximate surface area is 129 Å². The Morgan fingerprint density at radius 1 is 1.29 bits per heavy atom. The van der Waals surface area contributed by atoms with E-state index in [-0.39, 0.29) is 11.9 Å². The highest BCUT2D eigenvalue weighted by Gasteiger charge is 2.21. The van der Waals surface area contributed by atoms with Gasteiger partial charge in [-0.2, -0.15) is 0 Å². The van der Waals surface area contributed by atoms with Crippen molar-refractivity contribution in [2.24, 2.45) is 0 Å². The maximum Gasteiger partial charge on any atom is 0.257 e. The predicted molar refractivity (Wildman–Crippen MR) is 88.7 cm³/mol. The third-order valence-corrected chi connectivity index (χ3v) is 3.47. The highest BCUT2D eigenvalue weighted by Crippen LogP contribution is 2.17. The van der Waals surface area contributed by atoms with Crippen LogP contribution >= 0.6 is 0 Å². The van der Waals surface area contributed by atoms with E-state index in [1.165, 1.54) is 0 Å². The van der Waals surface area contributed by atoms with Crippen LogP contribution < -0.4 is 5.32 Å². The van der Waals surface area contributed by atoms with Crippen molar-refractivity contribution in [1.29, 1.82) is 0 Å². The van der Waals surface area contributed by atoms with Crippen molar-refractivity contribution in [2.75, 3.05) is 18.4 Å². The van der Waals surface area contributed by atoms with Gasteiger partial charge in [0.15, 0.2) is 0 Å². The molecule has 0 saturated carbocycles. The molecular weight excluding hydrogens is 262 g/mol. The fourth-order valence-corrected chi connectivity index (χ4v) is 2.24. The van der Waals surface area contributed by atoms with Crippen LogP contribution in [0, 0.1) is 0 Å². The lowest BCUT2D eigenvalue weighted by atomic mass is 10.1. The van der Waals surface area contributed by atoms with Crippen LogP contribution in [0.4, 0.5) is 5.82 Å². The molecule has 0 radical (unpaired) electrons. The average Bonchev–Trinajstić information content (AvgIpc) is 2.49. The minimum absolute atomic E-state index is 0.0767. The smallest absolute Gasteiger partial charge is 0.257 e. The molecule has 0 bridgehead atoms. The molecule has 1 N–H and O–H groups in total. The first kappa shape index (κ1) is 17.5. The molecule has 0 aliphatic heterocycles. The second kappa shape index (κ2) is 9.37. The molecule has 0 fully saturated rings. The fourth-order valence-electron chi connectivity index (χ4n) is 2.24. The van der Waals surface area contributed by atoms with E-state index < -0.39 is 0 Å². The summed E-state index contributed by atoms with van der Waals surface area (Å²) in [6.07, 6.45) is 6.11. The molecule has 1 rings (SSSR count). The molecule has 0 aliphatic carbocycles. The number of hydrogen-bond acceptors (Lipinski definition) is 3. The molecule has 0 aromatic carbocycles. The fraction of sp³-hybridized carbons (Fsp3) is 0.647. The van der Waals surface area contributed by atoms with E-state index in [0.717, 1.165) is 38.8 Å². The lowest BCUT2D eigenvalue weighted by molar-refractivity contribution is 0.0703.